The van der Waals surface area contributed by atoms with Crippen LogP contribution in [-0.4, -0.2) is 35.4 Å². The summed E-state index contributed by atoms with van der Waals surface area (Å²) in [4.78, 5) is 26.2. The van der Waals surface area contributed by atoms with Crippen molar-refractivity contribution in [3.8, 4) is 11.5 Å². The van der Waals surface area contributed by atoms with Crippen LogP contribution < -0.4 is 4.74 Å². The summed E-state index contributed by atoms with van der Waals surface area (Å²) in [5.74, 6) is -1.18. The van der Waals surface area contributed by atoms with E-state index >= 15 is 0 Å². The summed E-state index contributed by atoms with van der Waals surface area (Å²) in [7, 11) is -3.91. The summed E-state index contributed by atoms with van der Waals surface area (Å²) in [5, 5.41) is 19.4. The maximum Gasteiger partial charge on any atom is 0.354 e. The smallest absolute Gasteiger partial charge is 0.354 e. The number of aromatic hydroxyl groups is 1. The molecule has 0 fully saturated rings. The molecule has 9 heteroatoms. The third-order valence-electron chi connectivity index (χ3n) is 4.99. The second kappa shape index (κ2) is 9.83. The number of rotatable bonds is 9. The van der Waals surface area contributed by atoms with E-state index in [-0.39, 0.29) is 39.2 Å². The van der Waals surface area contributed by atoms with Crippen LogP contribution in [0.15, 0.2) is 64.5 Å². The number of Topliss-reactive ketones (excluding diaryl/α,β-unsaturated/α-hetero) is 1. The minimum absolute atomic E-state index is 0.0111. The molecule has 0 spiro atoms. The van der Waals surface area contributed by atoms with E-state index in [0.29, 0.717) is 23.3 Å². The standard InChI is InChI=1S/C24H23NO7S/c1-3-5-20-22(11-9-19(15(2)26)23(20)27)32-14-16-6-4-7-17(12-16)33(30,31)18-8-10-21(24(28)29)25-13-18/h4,6-13,27H,3,5,14H2,1-2H3,(H,28,29). The van der Waals surface area contributed by atoms with Gasteiger partial charge in [0.05, 0.1) is 15.4 Å². The van der Waals surface area contributed by atoms with Crippen LogP contribution >= 0.6 is 0 Å². The van der Waals surface area contributed by atoms with Crippen LogP contribution in [0.4, 0.5) is 0 Å². The monoisotopic (exact) mass is 469 g/mol. The largest absolute Gasteiger partial charge is 0.507 e. The van der Waals surface area contributed by atoms with Crippen molar-refractivity contribution >= 4 is 21.6 Å². The highest BCUT2D eigenvalue weighted by atomic mass is 32.2. The van der Waals surface area contributed by atoms with Crippen LogP contribution in [-0.2, 0) is 22.9 Å². The average Bonchev–Trinajstić information content (AvgIpc) is 2.79. The molecule has 0 aliphatic carbocycles. The van der Waals surface area contributed by atoms with Crippen LogP contribution in [0.1, 0.15) is 52.2 Å². The topological polar surface area (TPSA) is 131 Å². The third kappa shape index (κ3) is 5.20. The fourth-order valence-corrected chi connectivity index (χ4v) is 4.57. The lowest BCUT2D eigenvalue weighted by Gasteiger charge is -2.15. The molecule has 0 saturated heterocycles. The van der Waals surface area contributed by atoms with Crippen molar-refractivity contribution in [1.29, 1.82) is 0 Å². The number of benzene rings is 2. The molecule has 1 aromatic heterocycles. The zero-order chi connectivity index (χ0) is 24.2. The number of ketones is 1. The normalized spacial score (nSPS) is 11.2. The lowest BCUT2D eigenvalue weighted by Crippen LogP contribution is -2.07. The molecule has 3 rings (SSSR count). The first-order valence-corrected chi connectivity index (χ1v) is 11.7. The minimum atomic E-state index is -3.91. The summed E-state index contributed by atoms with van der Waals surface area (Å²) in [6, 6.07) is 11.6. The van der Waals surface area contributed by atoms with Gasteiger partial charge in [-0.1, -0.05) is 25.5 Å². The van der Waals surface area contributed by atoms with Gasteiger partial charge in [0.1, 0.15) is 23.8 Å². The van der Waals surface area contributed by atoms with Crippen molar-refractivity contribution in [3.63, 3.8) is 0 Å². The summed E-state index contributed by atoms with van der Waals surface area (Å²) in [5.41, 5.74) is 1.07. The molecule has 8 nitrogen and oxygen atoms in total. The van der Waals surface area contributed by atoms with E-state index in [4.69, 9.17) is 9.84 Å². The number of nitrogens with zero attached hydrogens (tertiary/aromatic N) is 1. The predicted octanol–water partition coefficient (Wildman–Crippen LogP) is 4.05. The van der Waals surface area contributed by atoms with Crippen molar-refractivity contribution in [2.24, 2.45) is 0 Å². The first kappa shape index (κ1) is 23.9. The number of hydrogen-bond acceptors (Lipinski definition) is 7. The molecule has 1 heterocycles. The van der Waals surface area contributed by atoms with Gasteiger partial charge in [-0.2, -0.15) is 0 Å². The molecular weight excluding hydrogens is 446 g/mol. The molecule has 0 radical (unpaired) electrons. The van der Waals surface area contributed by atoms with Gasteiger partial charge in [-0.25, -0.2) is 18.2 Å². The van der Waals surface area contributed by atoms with Gasteiger partial charge in [0.2, 0.25) is 9.84 Å². The van der Waals surface area contributed by atoms with E-state index in [1.165, 1.54) is 31.2 Å². The van der Waals surface area contributed by atoms with Crippen LogP contribution in [0.2, 0.25) is 0 Å². The number of phenolic OH excluding ortho intramolecular Hbond substituents is 1. The molecule has 0 bridgehead atoms. The number of sulfone groups is 1. The van der Waals surface area contributed by atoms with Gasteiger partial charge in [-0.15, -0.1) is 0 Å². The third-order valence-corrected chi connectivity index (χ3v) is 6.72. The van der Waals surface area contributed by atoms with E-state index in [9.17, 15) is 23.1 Å². The van der Waals surface area contributed by atoms with Gasteiger partial charge in [-0.05, 0) is 55.3 Å². The number of aromatic carboxylic acids is 1. The highest BCUT2D eigenvalue weighted by molar-refractivity contribution is 7.91. The number of carboxylic acids is 1. The minimum Gasteiger partial charge on any atom is -0.507 e. The predicted molar refractivity (Wildman–Crippen MR) is 120 cm³/mol. The number of aromatic nitrogens is 1. The van der Waals surface area contributed by atoms with Crippen LogP contribution in [0.25, 0.3) is 0 Å². The molecule has 0 saturated carbocycles. The SMILES string of the molecule is CCCc1c(OCc2cccc(S(=O)(=O)c3ccc(C(=O)O)nc3)c2)ccc(C(C)=O)c1O. The van der Waals surface area contributed by atoms with Crippen LogP contribution in [0.5, 0.6) is 11.5 Å². The van der Waals surface area contributed by atoms with Crippen molar-refractivity contribution in [3.05, 3.63) is 77.1 Å². The van der Waals surface area contributed by atoms with Gasteiger partial charge in [-0.3, -0.25) is 4.79 Å². The van der Waals surface area contributed by atoms with E-state index in [1.54, 1.807) is 18.2 Å². The zero-order valence-electron chi connectivity index (χ0n) is 18.1. The molecule has 3 aromatic rings. The Morgan fingerprint density at radius 2 is 1.82 bits per heavy atom. The highest BCUT2D eigenvalue weighted by Gasteiger charge is 2.20. The van der Waals surface area contributed by atoms with E-state index < -0.39 is 15.8 Å². The lowest BCUT2D eigenvalue weighted by atomic mass is 10.0. The highest BCUT2D eigenvalue weighted by Crippen LogP contribution is 2.33. The molecule has 2 aromatic carbocycles. The molecule has 0 aliphatic rings. The Bertz CT molecular complexity index is 1300. The van der Waals surface area contributed by atoms with Crippen molar-refractivity contribution < 1.29 is 33.0 Å². The Morgan fingerprint density at radius 1 is 1.06 bits per heavy atom. The number of carbonyl (C=O) groups is 2. The summed E-state index contributed by atoms with van der Waals surface area (Å²) in [6.45, 7) is 3.35. The Labute approximate surface area is 191 Å². The Kier molecular flexibility index (Phi) is 7.13. The Balaban J connectivity index is 1.86. The summed E-state index contributed by atoms with van der Waals surface area (Å²) >= 11 is 0. The number of carboxylic acid groups (broad SMARTS) is 1. The summed E-state index contributed by atoms with van der Waals surface area (Å²) < 4.78 is 31.7. The first-order valence-electron chi connectivity index (χ1n) is 10.2. The van der Waals surface area contributed by atoms with Crippen molar-refractivity contribution in [2.75, 3.05) is 0 Å². The van der Waals surface area contributed by atoms with E-state index in [2.05, 4.69) is 4.98 Å². The number of pyridine rings is 1. The molecule has 0 atom stereocenters. The number of carbonyl (C=O) groups excluding carboxylic acids is 1. The fraction of sp³-hybridized carbons (Fsp3) is 0.208. The molecule has 0 unspecified atom stereocenters. The second-order valence-electron chi connectivity index (χ2n) is 7.37. The molecule has 172 valence electrons. The second-order valence-corrected chi connectivity index (χ2v) is 9.32. The molecular formula is C24H23NO7S. The Hall–Kier alpha value is -3.72. The first-order chi connectivity index (χ1) is 15.6. The maximum absolute atomic E-state index is 12.9. The van der Waals surface area contributed by atoms with Gasteiger partial charge < -0.3 is 14.9 Å². The van der Waals surface area contributed by atoms with Crippen molar-refractivity contribution in [1.82, 2.24) is 4.98 Å². The lowest BCUT2D eigenvalue weighted by molar-refractivity contribution is 0.0690. The van der Waals surface area contributed by atoms with E-state index in [0.717, 1.165) is 18.7 Å². The Morgan fingerprint density at radius 3 is 2.42 bits per heavy atom. The van der Waals surface area contributed by atoms with Crippen LogP contribution in [0, 0.1) is 0 Å². The maximum atomic E-state index is 12.9. The van der Waals surface area contributed by atoms with Gasteiger partial charge in [0.25, 0.3) is 0 Å². The summed E-state index contributed by atoms with van der Waals surface area (Å²) in [6.07, 6.45) is 2.25. The molecule has 33 heavy (non-hydrogen) atoms. The quantitative estimate of drug-likeness (QED) is 0.449. The van der Waals surface area contributed by atoms with Crippen LogP contribution in [0.3, 0.4) is 0 Å². The molecule has 2 N–H and O–H groups in total. The van der Waals surface area contributed by atoms with Gasteiger partial charge in [0.15, 0.2) is 5.78 Å². The molecule has 0 amide bonds. The molecule has 0 aliphatic heterocycles. The van der Waals surface area contributed by atoms with E-state index in [1.807, 2.05) is 6.92 Å². The zero-order valence-corrected chi connectivity index (χ0v) is 18.9. The average molecular weight is 470 g/mol. The fourth-order valence-electron chi connectivity index (χ4n) is 3.29. The number of phenols is 1. The van der Waals surface area contributed by atoms with Gasteiger partial charge in [0, 0.05) is 11.8 Å². The van der Waals surface area contributed by atoms with Gasteiger partial charge >= 0.3 is 5.97 Å². The van der Waals surface area contributed by atoms with Crippen molar-refractivity contribution in [2.45, 2.75) is 43.1 Å². The number of ether oxygens (including phenoxy) is 1. The number of hydrogen-bond donors (Lipinski definition) is 2.